The molecule has 1 aromatic heterocycles. The van der Waals surface area contributed by atoms with E-state index >= 15 is 0 Å². The Morgan fingerprint density at radius 2 is 2.07 bits per heavy atom. The topological polar surface area (TPSA) is 41.0 Å². The lowest BCUT2D eigenvalue weighted by Gasteiger charge is -2.46. The van der Waals surface area contributed by atoms with E-state index < -0.39 is 0 Å². The van der Waals surface area contributed by atoms with Crippen LogP contribution in [0.3, 0.4) is 0 Å². The predicted molar refractivity (Wildman–Crippen MR) is 57.6 cm³/mol. The van der Waals surface area contributed by atoms with E-state index in [-0.39, 0.29) is 0 Å². The molecule has 0 unspecified atom stereocenters. The molecule has 14 heavy (non-hydrogen) atoms. The number of nitrogens with one attached hydrogen (secondary N) is 1. The molecule has 0 radical (unpaired) electrons. The average molecular weight is 192 g/mol. The van der Waals surface area contributed by atoms with Crippen molar-refractivity contribution in [2.24, 2.45) is 5.41 Å². The zero-order valence-corrected chi connectivity index (χ0v) is 8.91. The third kappa shape index (κ3) is 1.64. The zero-order valence-electron chi connectivity index (χ0n) is 8.91. The number of hydrogen-bond donors (Lipinski definition) is 1. The number of nitrogens with zero attached hydrogens (tertiary/aromatic N) is 3. The van der Waals surface area contributed by atoms with Gasteiger partial charge in [-0.1, -0.05) is 13.8 Å². The molecule has 0 aliphatic carbocycles. The predicted octanol–water partition coefficient (Wildman–Crippen LogP) is 1.36. The van der Waals surface area contributed by atoms with E-state index in [0.29, 0.717) is 5.41 Å². The average Bonchev–Trinajstić information content (AvgIpc) is 2.14. The van der Waals surface area contributed by atoms with Gasteiger partial charge in [0.1, 0.15) is 18.0 Å². The Balaban J connectivity index is 2.11. The molecule has 0 bridgehead atoms. The van der Waals surface area contributed by atoms with E-state index in [0.717, 1.165) is 24.7 Å². The van der Waals surface area contributed by atoms with Crippen LogP contribution in [0.4, 0.5) is 11.6 Å². The second-order valence-corrected chi connectivity index (χ2v) is 4.53. The maximum Gasteiger partial charge on any atom is 0.134 e. The van der Waals surface area contributed by atoms with Crippen LogP contribution in [0, 0.1) is 5.41 Å². The van der Waals surface area contributed by atoms with Crippen molar-refractivity contribution >= 4 is 11.6 Å². The smallest absolute Gasteiger partial charge is 0.134 e. The SMILES string of the molecule is CNc1cc(N2CC(C)(C)C2)ncn1. The van der Waals surface area contributed by atoms with Crippen LogP contribution in [0.15, 0.2) is 12.4 Å². The first-order valence-electron chi connectivity index (χ1n) is 4.85. The summed E-state index contributed by atoms with van der Waals surface area (Å²) in [5, 5.41) is 3.01. The van der Waals surface area contributed by atoms with E-state index in [4.69, 9.17) is 0 Å². The molecule has 76 valence electrons. The quantitative estimate of drug-likeness (QED) is 0.768. The molecule has 2 rings (SSSR count). The van der Waals surface area contributed by atoms with Gasteiger partial charge < -0.3 is 10.2 Å². The summed E-state index contributed by atoms with van der Waals surface area (Å²) in [6, 6.07) is 1.98. The second kappa shape index (κ2) is 3.12. The molecular weight excluding hydrogens is 176 g/mol. The minimum atomic E-state index is 0.435. The van der Waals surface area contributed by atoms with Crippen LogP contribution in [0.25, 0.3) is 0 Å². The van der Waals surface area contributed by atoms with E-state index in [9.17, 15) is 0 Å². The van der Waals surface area contributed by atoms with Crippen molar-refractivity contribution in [2.75, 3.05) is 30.4 Å². The normalized spacial score (nSPS) is 18.9. The highest BCUT2D eigenvalue weighted by Gasteiger charge is 2.34. The summed E-state index contributed by atoms with van der Waals surface area (Å²) in [6.45, 7) is 6.69. The Hall–Kier alpha value is -1.32. The number of hydrogen-bond acceptors (Lipinski definition) is 4. The molecular formula is C10H16N4. The molecule has 0 spiro atoms. The van der Waals surface area contributed by atoms with E-state index in [1.165, 1.54) is 0 Å². The van der Waals surface area contributed by atoms with Crippen LogP contribution in [0.5, 0.6) is 0 Å². The Labute approximate surface area is 84.4 Å². The molecule has 4 heteroatoms. The molecule has 1 aliphatic heterocycles. The molecule has 1 aromatic rings. The van der Waals surface area contributed by atoms with Gasteiger partial charge >= 0.3 is 0 Å². The molecule has 1 aliphatic rings. The van der Waals surface area contributed by atoms with Gasteiger partial charge in [-0.2, -0.15) is 0 Å². The fourth-order valence-electron chi connectivity index (χ4n) is 1.81. The summed E-state index contributed by atoms with van der Waals surface area (Å²) >= 11 is 0. The van der Waals surface area contributed by atoms with Gasteiger partial charge in [0.15, 0.2) is 0 Å². The van der Waals surface area contributed by atoms with Crippen molar-refractivity contribution in [1.29, 1.82) is 0 Å². The van der Waals surface area contributed by atoms with E-state index in [1.807, 2.05) is 13.1 Å². The van der Waals surface area contributed by atoms with Gasteiger partial charge in [0.2, 0.25) is 0 Å². The van der Waals surface area contributed by atoms with Crippen molar-refractivity contribution in [2.45, 2.75) is 13.8 Å². The maximum absolute atomic E-state index is 4.25. The molecule has 2 heterocycles. The lowest BCUT2D eigenvalue weighted by atomic mass is 9.84. The van der Waals surface area contributed by atoms with Crippen LogP contribution in [0.1, 0.15) is 13.8 Å². The van der Waals surface area contributed by atoms with Crippen LogP contribution >= 0.6 is 0 Å². The number of anilines is 2. The summed E-state index contributed by atoms with van der Waals surface area (Å²) in [6.07, 6.45) is 1.60. The minimum absolute atomic E-state index is 0.435. The van der Waals surface area contributed by atoms with Gasteiger partial charge in [0.25, 0.3) is 0 Å². The van der Waals surface area contributed by atoms with E-state index in [1.54, 1.807) is 6.33 Å². The fraction of sp³-hybridized carbons (Fsp3) is 0.600. The van der Waals surface area contributed by atoms with Crippen molar-refractivity contribution in [3.8, 4) is 0 Å². The van der Waals surface area contributed by atoms with Crippen LogP contribution in [0.2, 0.25) is 0 Å². The maximum atomic E-state index is 4.25. The first-order chi connectivity index (χ1) is 6.61. The summed E-state index contributed by atoms with van der Waals surface area (Å²) in [5.41, 5.74) is 0.435. The van der Waals surface area contributed by atoms with Crippen molar-refractivity contribution < 1.29 is 0 Å². The summed E-state index contributed by atoms with van der Waals surface area (Å²) in [4.78, 5) is 10.6. The van der Waals surface area contributed by atoms with Crippen molar-refractivity contribution in [3.63, 3.8) is 0 Å². The molecule has 0 atom stereocenters. The van der Waals surface area contributed by atoms with Crippen LogP contribution in [-0.2, 0) is 0 Å². The largest absolute Gasteiger partial charge is 0.373 e. The molecule has 0 saturated carbocycles. The van der Waals surface area contributed by atoms with Crippen molar-refractivity contribution in [1.82, 2.24) is 9.97 Å². The number of rotatable bonds is 2. The highest BCUT2D eigenvalue weighted by molar-refractivity contribution is 5.50. The third-order valence-electron chi connectivity index (χ3n) is 2.47. The van der Waals surface area contributed by atoms with Gasteiger partial charge in [-0.25, -0.2) is 9.97 Å². The van der Waals surface area contributed by atoms with Gasteiger partial charge in [0, 0.05) is 26.2 Å². The van der Waals surface area contributed by atoms with Gasteiger partial charge in [-0.15, -0.1) is 0 Å². The molecule has 1 fully saturated rings. The molecule has 0 aromatic carbocycles. The monoisotopic (exact) mass is 192 g/mol. The van der Waals surface area contributed by atoms with E-state index in [2.05, 4.69) is 34.0 Å². The highest BCUT2D eigenvalue weighted by Crippen LogP contribution is 2.32. The lowest BCUT2D eigenvalue weighted by molar-refractivity contribution is 0.274. The molecule has 4 nitrogen and oxygen atoms in total. The Bertz CT molecular complexity index is 327. The molecule has 1 saturated heterocycles. The highest BCUT2D eigenvalue weighted by atomic mass is 15.3. The van der Waals surface area contributed by atoms with Crippen LogP contribution in [-0.4, -0.2) is 30.1 Å². The van der Waals surface area contributed by atoms with Gasteiger partial charge in [-0.3, -0.25) is 0 Å². The third-order valence-corrected chi connectivity index (χ3v) is 2.47. The second-order valence-electron chi connectivity index (χ2n) is 4.53. The molecule has 1 N–H and O–H groups in total. The van der Waals surface area contributed by atoms with Gasteiger partial charge in [0.05, 0.1) is 0 Å². The first kappa shape index (κ1) is 9.24. The summed E-state index contributed by atoms with van der Waals surface area (Å²) < 4.78 is 0. The lowest BCUT2D eigenvalue weighted by Crippen LogP contribution is -2.53. The fourth-order valence-corrected chi connectivity index (χ4v) is 1.81. The summed E-state index contributed by atoms with van der Waals surface area (Å²) in [7, 11) is 1.87. The Morgan fingerprint density at radius 1 is 1.36 bits per heavy atom. The first-order valence-corrected chi connectivity index (χ1v) is 4.85. The van der Waals surface area contributed by atoms with Crippen molar-refractivity contribution in [3.05, 3.63) is 12.4 Å². The Kier molecular flexibility index (Phi) is 2.06. The Morgan fingerprint density at radius 3 is 2.64 bits per heavy atom. The minimum Gasteiger partial charge on any atom is -0.373 e. The van der Waals surface area contributed by atoms with Crippen LogP contribution < -0.4 is 10.2 Å². The summed E-state index contributed by atoms with van der Waals surface area (Å²) in [5.74, 6) is 1.89. The molecule has 0 amide bonds. The zero-order chi connectivity index (χ0) is 10.2. The number of aromatic nitrogens is 2. The van der Waals surface area contributed by atoms with Gasteiger partial charge in [-0.05, 0) is 5.41 Å². The standard InChI is InChI=1S/C10H16N4/c1-10(2)5-14(6-10)9-4-8(11-3)12-7-13-9/h4,7H,5-6H2,1-3H3,(H,11,12,13).